The van der Waals surface area contributed by atoms with Crippen LogP contribution in [0.15, 0.2) is 18.2 Å². The fourth-order valence-corrected chi connectivity index (χ4v) is 2.13. The molecule has 0 saturated carbocycles. The van der Waals surface area contributed by atoms with E-state index in [0.29, 0.717) is 4.90 Å². The van der Waals surface area contributed by atoms with Gasteiger partial charge in [0.15, 0.2) is 11.6 Å². The zero-order valence-corrected chi connectivity index (χ0v) is 10.8. The molecule has 0 radical (unpaired) electrons. The van der Waals surface area contributed by atoms with Gasteiger partial charge in [-0.1, -0.05) is 12.1 Å². The van der Waals surface area contributed by atoms with Crippen molar-refractivity contribution in [1.82, 2.24) is 4.90 Å². The van der Waals surface area contributed by atoms with Crippen LogP contribution >= 0.6 is 0 Å². The van der Waals surface area contributed by atoms with Crippen molar-refractivity contribution in [2.24, 2.45) is 0 Å². The maximum absolute atomic E-state index is 13.7. The van der Waals surface area contributed by atoms with Gasteiger partial charge < -0.3 is 9.64 Å². The molecular weight excluding hydrogens is 297 g/mol. The van der Waals surface area contributed by atoms with Gasteiger partial charge >= 0.3 is 6.18 Å². The van der Waals surface area contributed by atoms with Crippen molar-refractivity contribution in [3.05, 3.63) is 35.4 Å². The summed E-state index contributed by atoms with van der Waals surface area (Å²) in [5, 5.41) is 0. The predicted molar refractivity (Wildman–Crippen MR) is 62.3 cm³/mol. The van der Waals surface area contributed by atoms with E-state index >= 15 is 0 Å². The molecule has 2 rings (SSSR count). The Balaban J connectivity index is 2.24. The fourth-order valence-electron chi connectivity index (χ4n) is 2.13. The SMILES string of the molecule is O=C1CCO[C@@H](c2cccc(F)c2F)CN1CC(F)(F)F. The van der Waals surface area contributed by atoms with Crippen molar-refractivity contribution in [2.45, 2.75) is 18.7 Å². The Morgan fingerprint density at radius 2 is 2.00 bits per heavy atom. The molecule has 8 heteroatoms. The number of ether oxygens (including phenoxy) is 1. The molecule has 21 heavy (non-hydrogen) atoms. The average molecular weight is 309 g/mol. The van der Waals surface area contributed by atoms with E-state index in [1.165, 1.54) is 12.1 Å². The number of hydrogen-bond acceptors (Lipinski definition) is 2. The monoisotopic (exact) mass is 309 g/mol. The molecule has 0 bridgehead atoms. The molecule has 1 atom stereocenters. The van der Waals surface area contributed by atoms with Crippen LogP contribution < -0.4 is 0 Å². The smallest absolute Gasteiger partial charge is 0.371 e. The summed E-state index contributed by atoms with van der Waals surface area (Å²) in [6.45, 7) is -2.06. The van der Waals surface area contributed by atoms with Crippen LogP contribution in [0.3, 0.4) is 0 Å². The van der Waals surface area contributed by atoms with Crippen LogP contribution in [0.1, 0.15) is 18.1 Å². The molecule has 1 aliphatic heterocycles. The largest absolute Gasteiger partial charge is 0.406 e. The van der Waals surface area contributed by atoms with Crippen LogP contribution in [0.2, 0.25) is 0 Å². The summed E-state index contributed by atoms with van der Waals surface area (Å²) in [5.41, 5.74) is -0.197. The van der Waals surface area contributed by atoms with E-state index in [1.807, 2.05) is 0 Å². The summed E-state index contributed by atoms with van der Waals surface area (Å²) in [6.07, 6.45) is -5.93. The number of carbonyl (C=O) groups is 1. The van der Waals surface area contributed by atoms with Crippen molar-refractivity contribution < 1.29 is 31.5 Å². The molecule has 1 aromatic carbocycles. The van der Waals surface area contributed by atoms with Crippen LogP contribution in [0.5, 0.6) is 0 Å². The van der Waals surface area contributed by atoms with E-state index in [2.05, 4.69) is 0 Å². The maximum atomic E-state index is 13.7. The van der Waals surface area contributed by atoms with Crippen LogP contribution in [0, 0.1) is 11.6 Å². The lowest BCUT2D eigenvalue weighted by atomic mass is 10.1. The minimum Gasteiger partial charge on any atom is -0.371 e. The van der Waals surface area contributed by atoms with Crippen LogP contribution in [0.4, 0.5) is 22.0 Å². The number of alkyl halides is 3. The third-order valence-corrected chi connectivity index (χ3v) is 3.07. The second-order valence-electron chi connectivity index (χ2n) is 4.64. The highest BCUT2D eigenvalue weighted by Crippen LogP contribution is 2.27. The Morgan fingerprint density at radius 1 is 1.29 bits per heavy atom. The zero-order valence-electron chi connectivity index (χ0n) is 10.8. The maximum Gasteiger partial charge on any atom is 0.406 e. The standard InChI is InChI=1S/C13H12F5NO2/c14-9-3-1-2-8(12(9)15)10-6-19(7-13(16,17)18)11(20)4-5-21-10/h1-3,10H,4-7H2/t10-/m1/s1. The predicted octanol–water partition coefficient (Wildman–Crippen LogP) is 2.82. The molecule has 1 saturated heterocycles. The van der Waals surface area contributed by atoms with Crippen molar-refractivity contribution in [1.29, 1.82) is 0 Å². The number of hydrogen-bond donors (Lipinski definition) is 0. The van der Waals surface area contributed by atoms with Crippen molar-refractivity contribution in [3.8, 4) is 0 Å². The Labute approximate surface area is 117 Å². The van der Waals surface area contributed by atoms with Crippen LogP contribution in [-0.2, 0) is 9.53 Å². The molecule has 0 aliphatic carbocycles. The Morgan fingerprint density at radius 3 is 2.67 bits per heavy atom. The molecule has 1 aliphatic rings. The Bertz CT molecular complexity index is 532. The quantitative estimate of drug-likeness (QED) is 0.786. The second-order valence-corrected chi connectivity index (χ2v) is 4.64. The van der Waals surface area contributed by atoms with Crippen molar-refractivity contribution in [2.75, 3.05) is 19.7 Å². The first-order valence-electron chi connectivity index (χ1n) is 6.18. The molecule has 1 heterocycles. The van der Waals surface area contributed by atoms with E-state index in [1.54, 1.807) is 0 Å². The van der Waals surface area contributed by atoms with Gasteiger partial charge in [-0.2, -0.15) is 13.2 Å². The molecule has 116 valence electrons. The van der Waals surface area contributed by atoms with E-state index in [-0.39, 0.29) is 18.6 Å². The first-order chi connectivity index (χ1) is 9.78. The number of nitrogens with zero attached hydrogens (tertiary/aromatic N) is 1. The molecule has 3 nitrogen and oxygen atoms in total. The number of rotatable bonds is 2. The minimum absolute atomic E-state index is 0.145. The highest BCUT2D eigenvalue weighted by Gasteiger charge is 2.36. The van der Waals surface area contributed by atoms with Crippen molar-refractivity contribution >= 4 is 5.91 Å². The summed E-state index contributed by atoms with van der Waals surface area (Å²) in [6, 6.07) is 3.36. The number of amides is 1. The van der Waals surface area contributed by atoms with Gasteiger partial charge in [0, 0.05) is 5.56 Å². The molecule has 1 aromatic rings. The molecule has 1 fully saturated rings. The number of halogens is 5. The van der Waals surface area contributed by atoms with E-state index < -0.39 is 42.9 Å². The van der Waals surface area contributed by atoms with E-state index in [9.17, 15) is 26.7 Å². The molecule has 0 unspecified atom stereocenters. The second kappa shape index (κ2) is 5.97. The van der Waals surface area contributed by atoms with Crippen LogP contribution in [-0.4, -0.2) is 36.7 Å². The molecular formula is C13H12F5NO2. The topological polar surface area (TPSA) is 29.5 Å². The Kier molecular flexibility index (Phi) is 4.46. The highest BCUT2D eigenvalue weighted by atomic mass is 19.4. The number of benzene rings is 1. The van der Waals surface area contributed by atoms with E-state index in [0.717, 1.165) is 6.07 Å². The van der Waals surface area contributed by atoms with Gasteiger partial charge in [-0.3, -0.25) is 4.79 Å². The van der Waals surface area contributed by atoms with Gasteiger partial charge in [-0.25, -0.2) is 8.78 Å². The first kappa shape index (κ1) is 15.7. The molecule has 0 spiro atoms. The lowest BCUT2D eigenvalue weighted by Gasteiger charge is -2.25. The molecule has 0 aromatic heterocycles. The van der Waals surface area contributed by atoms with Gasteiger partial charge in [-0.15, -0.1) is 0 Å². The normalized spacial score (nSPS) is 20.5. The third-order valence-electron chi connectivity index (χ3n) is 3.07. The lowest BCUT2D eigenvalue weighted by molar-refractivity contribution is -0.161. The van der Waals surface area contributed by atoms with Crippen molar-refractivity contribution in [3.63, 3.8) is 0 Å². The van der Waals surface area contributed by atoms with Crippen LogP contribution in [0.25, 0.3) is 0 Å². The molecule has 1 amide bonds. The molecule has 0 N–H and O–H groups in total. The number of carbonyl (C=O) groups excluding carboxylic acids is 1. The van der Waals surface area contributed by atoms with E-state index in [4.69, 9.17) is 4.74 Å². The van der Waals surface area contributed by atoms with Gasteiger partial charge in [0.1, 0.15) is 12.6 Å². The van der Waals surface area contributed by atoms with Gasteiger partial charge in [0.05, 0.1) is 19.6 Å². The summed E-state index contributed by atoms with van der Waals surface area (Å²) in [4.78, 5) is 12.2. The van der Waals surface area contributed by atoms with Gasteiger partial charge in [-0.05, 0) is 6.07 Å². The summed E-state index contributed by atoms with van der Waals surface area (Å²) >= 11 is 0. The minimum atomic E-state index is -4.56. The Hall–Kier alpha value is -1.70. The lowest BCUT2D eigenvalue weighted by Crippen LogP contribution is -2.40. The average Bonchev–Trinajstić information content (AvgIpc) is 2.54. The third kappa shape index (κ3) is 3.90. The summed E-state index contributed by atoms with van der Waals surface area (Å²) in [5.74, 6) is -3.02. The highest BCUT2D eigenvalue weighted by molar-refractivity contribution is 5.76. The van der Waals surface area contributed by atoms with Gasteiger partial charge in [0.2, 0.25) is 5.91 Å². The fraction of sp³-hybridized carbons (Fsp3) is 0.462. The summed E-state index contributed by atoms with van der Waals surface area (Å²) < 4.78 is 69.4. The zero-order chi connectivity index (χ0) is 15.6. The summed E-state index contributed by atoms with van der Waals surface area (Å²) in [7, 11) is 0. The first-order valence-corrected chi connectivity index (χ1v) is 6.18. The van der Waals surface area contributed by atoms with Gasteiger partial charge in [0.25, 0.3) is 0 Å².